The van der Waals surface area contributed by atoms with E-state index in [1.807, 2.05) is 0 Å². The summed E-state index contributed by atoms with van der Waals surface area (Å²) in [6, 6.07) is 5.37. The number of aryl methyl sites for hydroxylation is 1. The molecule has 0 spiro atoms. The van der Waals surface area contributed by atoms with Gasteiger partial charge in [-0.3, -0.25) is 4.79 Å². The maximum atomic E-state index is 12.0. The summed E-state index contributed by atoms with van der Waals surface area (Å²) >= 11 is 0. The SMILES string of the molecule is Cc1cccc(C(=O)NCC2CCCC2N)c1O. The number of rotatable bonds is 3. The Labute approximate surface area is 107 Å². The molecule has 0 bridgehead atoms. The summed E-state index contributed by atoms with van der Waals surface area (Å²) in [7, 11) is 0. The van der Waals surface area contributed by atoms with Crippen molar-refractivity contribution in [2.24, 2.45) is 11.7 Å². The number of amides is 1. The largest absolute Gasteiger partial charge is 0.507 e. The van der Waals surface area contributed by atoms with Crippen LogP contribution in [-0.2, 0) is 0 Å². The summed E-state index contributed by atoms with van der Waals surface area (Å²) in [6.07, 6.45) is 3.24. The summed E-state index contributed by atoms with van der Waals surface area (Å²) in [5.74, 6) is 0.196. The first-order chi connectivity index (χ1) is 8.59. The second-order valence-corrected chi connectivity index (χ2v) is 5.04. The van der Waals surface area contributed by atoms with Crippen LogP contribution in [-0.4, -0.2) is 23.6 Å². The van der Waals surface area contributed by atoms with Crippen molar-refractivity contribution in [3.05, 3.63) is 29.3 Å². The predicted molar refractivity (Wildman–Crippen MR) is 70.5 cm³/mol. The molecule has 4 N–H and O–H groups in total. The van der Waals surface area contributed by atoms with Gasteiger partial charge in [-0.25, -0.2) is 0 Å². The summed E-state index contributed by atoms with van der Waals surface area (Å²) in [6.45, 7) is 2.37. The number of phenolic OH excluding ortho intramolecular Hbond substituents is 1. The first-order valence-electron chi connectivity index (χ1n) is 6.42. The average molecular weight is 248 g/mol. The minimum atomic E-state index is -0.227. The molecule has 2 unspecified atom stereocenters. The van der Waals surface area contributed by atoms with Gasteiger partial charge in [-0.1, -0.05) is 18.6 Å². The van der Waals surface area contributed by atoms with Crippen LogP contribution in [0.5, 0.6) is 5.75 Å². The fraction of sp³-hybridized carbons (Fsp3) is 0.500. The Hall–Kier alpha value is -1.55. The molecule has 1 aliphatic rings. The van der Waals surface area contributed by atoms with E-state index >= 15 is 0 Å². The molecule has 0 heterocycles. The zero-order valence-electron chi connectivity index (χ0n) is 10.6. The molecular weight excluding hydrogens is 228 g/mol. The summed E-state index contributed by atoms with van der Waals surface area (Å²) in [5.41, 5.74) is 7.00. The molecule has 1 aromatic rings. The fourth-order valence-corrected chi connectivity index (χ4v) is 2.48. The van der Waals surface area contributed by atoms with Gasteiger partial charge < -0.3 is 16.2 Å². The number of nitrogens with two attached hydrogens (primary N) is 1. The highest BCUT2D eigenvalue weighted by Gasteiger charge is 2.24. The molecule has 18 heavy (non-hydrogen) atoms. The van der Waals surface area contributed by atoms with E-state index < -0.39 is 0 Å². The van der Waals surface area contributed by atoms with Crippen molar-refractivity contribution in [2.75, 3.05) is 6.54 Å². The normalized spacial score (nSPS) is 23.0. The number of carbonyl (C=O) groups excluding carboxylic acids is 1. The van der Waals surface area contributed by atoms with E-state index in [0.29, 0.717) is 23.6 Å². The van der Waals surface area contributed by atoms with Crippen LogP contribution >= 0.6 is 0 Å². The average Bonchev–Trinajstić information content (AvgIpc) is 2.75. The van der Waals surface area contributed by atoms with Gasteiger partial charge in [0.1, 0.15) is 5.75 Å². The summed E-state index contributed by atoms with van der Waals surface area (Å²) < 4.78 is 0. The number of hydrogen-bond donors (Lipinski definition) is 3. The molecule has 1 amide bonds. The van der Waals surface area contributed by atoms with Crippen LogP contribution in [0.4, 0.5) is 0 Å². The number of benzene rings is 1. The van der Waals surface area contributed by atoms with E-state index in [2.05, 4.69) is 5.32 Å². The van der Waals surface area contributed by atoms with Crippen molar-refractivity contribution < 1.29 is 9.90 Å². The third kappa shape index (κ3) is 2.64. The smallest absolute Gasteiger partial charge is 0.255 e. The molecule has 1 fully saturated rings. The first kappa shape index (κ1) is 12.9. The zero-order valence-corrected chi connectivity index (χ0v) is 10.6. The van der Waals surface area contributed by atoms with Crippen LogP contribution in [0.15, 0.2) is 18.2 Å². The van der Waals surface area contributed by atoms with E-state index in [4.69, 9.17) is 5.73 Å². The van der Waals surface area contributed by atoms with Crippen molar-refractivity contribution in [2.45, 2.75) is 32.2 Å². The number of carbonyl (C=O) groups is 1. The van der Waals surface area contributed by atoms with Gasteiger partial charge in [0.15, 0.2) is 0 Å². The van der Waals surface area contributed by atoms with Gasteiger partial charge in [0, 0.05) is 12.6 Å². The molecule has 4 heteroatoms. The van der Waals surface area contributed by atoms with Gasteiger partial charge in [0.25, 0.3) is 5.91 Å². The molecule has 0 aromatic heterocycles. The molecule has 2 rings (SSSR count). The maximum absolute atomic E-state index is 12.0. The third-order valence-electron chi connectivity index (χ3n) is 3.73. The highest BCUT2D eigenvalue weighted by molar-refractivity contribution is 5.97. The molecule has 4 nitrogen and oxygen atoms in total. The zero-order chi connectivity index (χ0) is 13.1. The molecule has 1 aromatic carbocycles. The van der Waals surface area contributed by atoms with Crippen LogP contribution < -0.4 is 11.1 Å². The lowest BCUT2D eigenvalue weighted by molar-refractivity contribution is 0.0943. The highest BCUT2D eigenvalue weighted by Crippen LogP contribution is 2.24. The van der Waals surface area contributed by atoms with Crippen LogP contribution in [0.25, 0.3) is 0 Å². The second kappa shape index (κ2) is 5.40. The number of para-hydroxylation sites is 1. The Kier molecular flexibility index (Phi) is 3.87. The lowest BCUT2D eigenvalue weighted by atomic mass is 10.0. The van der Waals surface area contributed by atoms with Crippen molar-refractivity contribution in [1.29, 1.82) is 0 Å². The minimum Gasteiger partial charge on any atom is -0.507 e. The number of nitrogens with one attached hydrogen (secondary N) is 1. The second-order valence-electron chi connectivity index (χ2n) is 5.04. The summed E-state index contributed by atoms with van der Waals surface area (Å²) in [4.78, 5) is 12.0. The van der Waals surface area contributed by atoms with Crippen molar-refractivity contribution in [3.8, 4) is 5.75 Å². The topological polar surface area (TPSA) is 75.4 Å². The van der Waals surface area contributed by atoms with E-state index in [1.165, 1.54) is 0 Å². The Morgan fingerprint density at radius 1 is 1.50 bits per heavy atom. The van der Waals surface area contributed by atoms with Gasteiger partial charge in [-0.2, -0.15) is 0 Å². The van der Waals surface area contributed by atoms with E-state index in [-0.39, 0.29) is 17.7 Å². The van der Waals surface area contributed by atoms with Gasteiger partial charge in [-0.15, -0.1) is 0 Å². The van der Waals surface area contributed by atoms with E-state index in [0.717, 1.165) is 19.3 Å². The molecule has 98 valence electrons. The Bertz CT molecular complexity index is 445. The lowest BCUT2D eigenvalue weighted by Crippen LogP contribution is -2.36. The third-order valence-corrected chi connectivity index (χ3v) is 3.73. The van der Waals surface area contributed by atoms with E-state index in [1.54, 1.807) is 25.1 Å². The van der Waals surface area contributed by atoms with Gasteiger partial charge in [0.2, 0.25) is 0 Å². The van der Waals surface area contributed by atoms with Crippen LogP contribution in [0, 0.1) is 12.8 Å². The van der Waals surface area contributed by atoms with Crippen molar-refractivity contribution >= 4 is 5.91 Å². The molecule has 1 aliphatic carbocycles. The van der Waals surface area contributed by atoms with Gasteiger partial charge >= 0.3 is 0 Å². The van der Waals surface area contributed by atoms with Crippen LogP contribution in [0.1, 0.15) is 35.2 Å². The molecule has 2 atom stereocenters. The Morgan fingerprint density at radius 2 is 2.28 bits per heavy atom. The van der Waals surface area contributed by atoms with Crippen molar-refractivity contribution in [1.82, 2.24) is 5.32 Å². The fourth-order valence-electron chi connectivity index (χ4n) is 2.48. The first-order valence-corrected chi connectivity index (χ1v) is 6.42. The van der Waals surface area contributed by atoms with E-state index in [9.17, 15) is 9.90 Å². The minimum absolute atomic E-state index is 0.0609. The molecular formula is C14H20N2O2. The Morgan fingerprint density at radius 3 is 2.94 bits per heavy atom. The van der Waals surface area contributed by atoms with Crippen LogP contribution in [0.3, 0.4) is 0 Å². The molecule has 0 saturated heterocycles. The quantitative estimate of drug-likeness (QED) is 0.759. The molecule has 0 aliphatic heterocycles. The number of aromatic hydroxyl groups is 1. The number of hydrogen-bond acceptors (Lipinski definition) is 3. The van der Waals surface area contributed by atoms with Gasteiger partial charge in [-0.05, 0) is 37.3 Å². The molecule has 1 saturated carbocycles. The lowest BCUT2D eigenvalue weighted by Gasteiger charge is -2.16. The standard InChI is InChI=1S/C14H20N2O2/c1-9-4-2-6-11(13(9)17)14(18)16-8-10-5-3-7-12(10)15/h2,4,6,10,12,17H,3,5,7-8,15H2,1H3,(H,16,18). The highest BCUT2D eigenvalue weighted by atomic mass is 16.3. The van der Waals surface area contributed by atoms with Gasteiger partial charge in [0.05, 0.1) is 5.56 Å². The van der Waals surface area contributed by atoms with Crippen molar-refractivity contribution in [3.63, 3.8) is 0 Å². The van der Waals surface area contributed by atoms with Crippen LogP contribution in [0.2, 0.25) is 0 Å². The number of phenols is 1. The monoisotopic (exact) mass is 248 g/mol. The Balaban J connectivity index is 1.97. The molecule has 0 radical (unpaired) electrons. The summed E-state index contributed by atoms with van der Waals surface area (Å²) in [5, 5.41) is 12.7. The predicted octanol–water partition coefficient (Wildman–Crippen LogP) is 1.56. The maximum Gasteiger partial charge on any atom is 0.255 e.